The van der Waals surface area contributed by atoms with Crippen LogP contribution >= 0.6 is 0 Å². The van der Waals surface area contributed by atoms with Crippen molar-refractivity contribution in [3.63, 3.8) is 0 Å². The maximum absolute atomic E-state index is 11.7. The highest BCUT2D eigenvalue weighted by Gasteiger charge is 2.27. The van der Waals surface area contributed by atoms with E-state index in [9.17, 15) is 9.90 Å². The molecule has 0 radical (unpaired) electrons. The van der Waals surface area contributed by atoms with Crippen molar-refractivity contribution in [1.29, 1.82) is 0 Å². The number of aromatic nitrogens is 4. The molecule has 0 saturated heterocycles. The van der Waals surface area contributed by atoms with Gasteiger partial charge in [-0.15, -0.1) is 0 Å². The minimum atomic E-state index is -0.314. The van der Waals surface area contributed by atoms with Crippen LogP contribution in [0.4, 0.5) is 5.95 Å². The zero-order valence-electron chi connectivity index (χ0n) is 10.5. The Kier molecular flexibility index (Phi) is 2.98. The molecule has 4 N–H and O–H groups in total. The summed E-state index contributed by atoms with van der Waals surface area (Å²) >= 11 is 0. The summed E-state index contributed by atoms with van der Waals surface area (Å²) in [5.41, 5.74) is 6.08. The molecular formula is C12H17N5O2. The van der Waals surface area contributed by atoms with Crippen molar-refractivity contribution in [3.05, 3.63) is 16.7 Å². The molecule has 0 bridgehead atoms. The van der Waals surface area contributed by atoms with E-state index in [1.807, 2.05) is 4.57 Å². The molecule has 0 spiro atoms. The van der Waals surface area contributed by atoms with Crippen molar-refractivity contribution >= 4 is 17.1 Å². The fraction of sp³-hybridized carbons (Fsp3) is 0.583. The van der Waals surface area contributed by atoms with Gasteiger partial charge in [-0.05, 0) is 24.7 Å². The average molecular weight is 263 g/mol. The van der Waals surface area contributed by atoms with Crippen LogP contribution in [0, 0.1) is 11.8 Å². The first-order valence-electron chi connectivity index (χ1n) is 6.50. The third kappa shape index (κ3) is 2.10. The van der Waals surface area contributed by atoms with Gasteiger partial charge in [0.25, 0.3) is 5.56 Å². The fourth-order valence-electron chi connectivity index (χ4n) is 2.95. The zero-order chi connectivity index (χ0) is 13.4. The normalized spacial score (nSPS) is 23.2. The van der Waals surface area contributed by atoms with Crippen molar-refractivity contribution in [2.75, 3.05) is 12.3 Å². The molecule has 0 aliphatic heterocycles. The number of imidazole rings is 1. The summed E-state index contributed by atoms with van der Waals surface area (Å²) in [6.07, 6.45) is 4.91. The Hall–Kier alpha value is -1.89. The van der Waals surface area contributed by atoms with Gasteiger partial charge in [-0.2, -0.15) is 4.98 Å². The van der Waals surface area contributed by atoms with Crippen molar-refractivity contribution < 1.29 is 5.11 Å². The minimum absolute atomic E-state index is 0.101. The van der Waals surface area contributed by atoms with Crippen LogP contribution in [-0.2, 0) is 6.54 Å². The molecule has 7 nitrogen and oxygen atoms in total. The zero-order valence-corrected chi connectivity index (χ0v) is 10.5. The first kappa shape index (κ1) is 12.2. The standard InChI is InChI=1S/C12H17N5O2/c13-12-15-10-9(11(19)16-12)14-6-17(10)4-7-2-1-3-8(7)5-18/h6-8,18H,1-5H2,(H3,13,15,16,19)/t7-,8-/m0/s1. The first-order chi connectivity index (χ1) is 9.19. The lowest BCUT2D eigenvalue weighted by Crippen LogP contribution is -2.18. The smallest absolute Gasteiger partial charge is 0.280 e. The van der Waals surface area contributed by atoms with Gasteiger partial charge in [-0.1, -0.05) is 6.42 Å². The summed E-state index contributed by atoms with van der Waals surface area (Å²) in [5, 5.41) is 9.35. The lowest BCUT2D eigenvalue weighted by Gasteiger charge is -2.17. The largest absolute Gasteiger partial charge is 0.396 e. The van der Waals surface area contributed by atoms with Crippen LogP contribution in [0.25, 0.3) is 11.2 Å². The Morgan fingerprint density at radius 2 is 2.26 bits per heavy atom. The molecule has 0 amide bonds. The Bertz CT molecular complexity index is 647. The Balaban J connectivity index is 1.95. The van der Waals surface area contributed by atoms with E-state index in [-0.39, 0.29) is 18.1 Å². The summed E-state index contributed by atoms with van der Waals surface area (Å²) in [5.74, 6) is 0.839. The van der Waals surface area contributed by atoms with Crippen LogP contribution in [0.2, 0.25) is 0 Å². The van der Waals surface area contributed by atoms with Gasteiger partial charge in [0, 0.05) is 13.2 Å². The van der Waals surface area contributed by atoms with Crippen LogP contribution in [0.3, 0.4) is 0 Å². The summed E-state index contributed by atoms with van der Waals surface area (Å²) in [6.45, 7) is 0.936. The SMILES string of the molecule is Nc1nc2c(ncn2C[C@@H]2CCC[C@H]2CO)c(=O)[nH]1. The predicted molar refractivity (Wildman–Crippen MR) is 70.5 cm³/mol. The molecule has 0 unspecified atom stereocenters. The number of hydrogen-bond donors (Lipinski definition) is 3. The summed E-state index contributed by atoms with van der Waals surface area (Å²) in [4.78, 5) is 22.4. The van der Waals surface area contributed by atoms with E-state index in [2.05, 4.69) is 15.0 Å². The van der Waals surface area contributed by atoms with E-state index in [0.29, 0.717) is 23.0 Å². The molecule has 19 heavy (non-hydrogen) atoms. The monoisotopic (exact) mass is 263 g/mol. The molecule has 1 fully saturated rings. The molecule has 3 rings (SSSR count). The van der Waals surface area contributed by atoms with Gasteiger partial charge in [0.05, 0.1) is 6.33 Å². The number of nitrogens with two attached hydrogens (primary N) is 1. The van der Waals surface area contributed by atoms with E-state index in [4.69, 9.17) is 5.73 Å². The number of hydrogen-bond acceptors (Lipinski definition) is 5. The van der Waals surface area contributed by atoms with Gasteiger partial charge >= 0.3 is 0 Å². The maximum Gasteiger partial charge on any atom is 0.280 e. The molecule has 7 heteroatoms. The molecular weight excluding hydrogens is 246 g/mol. The number of nitrogens with zero attached hydrogens (tertiary/aromatic N) is 3. The molecule has 1 saturated carbocycles. The second-order valence-corrected chi connectivity index (χ2v) is 5.15. The first-order valence-corrected chi connectivity index (χ1v) is 6.50. The predicted octanol–water partition coefficient (Wildman–Crippen LogP) is 0.110. The molecule has 2 aromatic rings. The molecule has 1 aliphatic rings. The Labute approximate surface area is 109 Å². The third-order valence-electron chi connectivity index (χ3n) is 3.98. The topological polar surface area (TPSA) is 110 Å². The number of aromatic amines is 1. The van der Waals surface area contributed by atoms with Crippen LogP contribution < -0.4 is 11.3 Å². The van der Waals surface area contributed by atoms with E-state index in [0.717, 1.165) is 25.8 Å². The lowest BCUT2D eigenvalue weighted by atomic mass is 9.97. The highest BCUT2D eigenvalue weighted by Crippen LogP contribution is 2.32. The summed E-state index contributed by atoms with van der Waals surface area (Å²) in [7, 11) is 0. The maximum atomic E-state index is 11.7. The van der Waals surface area contributed by atoms with E-state index >= 15 is 0 Å². The highest BCUT2D eigenvalue weighted by atomic mass is 16.3. The minimum Gasteiger partial charge on any atom is -0.396 e. The van der Waals surface area contributed by atoms with Gasteiger partial charge in [-0.25, -0.2) is 4.98 Å². The molecule has 102 valence electrons. The van der Waals surface area contributed by atoms with Crippen LogP contribution in [0.1, 0.15) is 19.3 Å². The molecule has 0 aromatic carbocycles. The van der Waals surface area contributed by atoms with Gasteiger partial charge < -0.3 is 15.4 Å². The van der Waals surface area contributed by atoms with E-state index in [1.54, 1.807) is 6.33 Å². The second-order valence-electron chi connectivity index (χ2n) is 5.15. The summed E-state index contributed by atoms with van der Waals surface area (Å²) < 4.78 is 1.86. The molecule has 1 aliphatic carbocycles. The van der Waals surface area contributed by atoms with Crippen LogP contribution in [0.5, 0.6) is 0 Å². The Morgan fingerprint density at radius 1 is 1.47 bits per heavy atom. The number of aliphatic hydroxyl groups excluding tert-OH is 1. The lowest BCUT2D eigenvalue weighted by molar-refractivity contribution is 0.185. The number of nitrogen functional groups attached to an aromatic ring is 1. The van der Waals surface area contributed by atoms with E-state index < -0.39 is 0 Å². The number of rotatable bonds is 3. The summed E-state index contributed by atoms with van der Waals surface area (Å²) in [6, 6.07) is 0. The van der Waals surface area contributed by atoms with Gasteiger partial charge in [0.2, 0.25) is 5.95 Å². The van der Waals surface area contributed by atoms with E-state index in [1.165, 1.54) is 0 Å². The van der Waals surface area contributed by atoms with Crippen molar-refractivity contribution in [3.8, 4) is 0 Å². The van der Waals surface area contributed by atoms with Crippen molar-refractivity contribution in [1.82, 2.24) is 19.5 Å². The Morgan fingerprint density at radius 3 is 3.05 bits per heavy atom. The van der Waals surface area contributed by atoms with Gasteiger partial charge in [0.15, 0.2) is 11.2 Å². The molecule has 2 atom stereocenters. The second kappa shape index (κ2) is 4.65. The number of anilines is 1. The molecule has 2 aromatic heterocycles. The number of fused-ring (bicyclic) bond motifs is 1. The fourth-order valence-corrected chi connectivity index (χ4v) is 2.95. The van der Waals surface area contributed by atoms with Crippen molar-refractivity contribution in [2.45, 2.75) is 25.8 Å². The highest BCUT2D eigenvalue weighted by molar-refractivity contribution is 5.70. The van der Waals surface area contributed by atoms with Crippen LogP contribution in [0.15, 0.2) is 11.1 Å². The number of H-pyrrole nitrogens is 1. The van der Waals surface area contributed by atoms with Crippen molar-refractivity contribution in [2.24, 2.45) is 11.8 Å². The molecule has 2 heterocycles. The number of aliphatic hydroxyl groups is 1. The van der Waals surface area contributed by atoms with Gasteiger partial charge in [0.1, 0.15) is 0 Å². The third-order valence-corrected chi connectivity index (χ3v) is 3.98. The average Bonchev–Trinajstić information content (AvgIpc) is 2.97. The quantitative estimate of drug-likeness (QED) is 0.728. The van der Waals surface area contributed by atoms with Gasteiger partial charge in [-0.3, -0.25) is 9.78 Å². The number of nitrogens with one attached hydrogen (secondary N) is 1. The van der Waals surface area contributed by atoms with Crippen LogP contribution in [-0.4, -0.2) is 31.2 Å².